The lowest BCUT2D eigenvalue weighted by atomic mass is 10.0. The van der Waals surface area contributed by atoms with Crippen LogP contribution < -0.4 is 0 Å². The molecule has 1 unspecified atom stereocenters. The van der Waals surface area contributed by atoms with Crippen molar-refractivity contribution in [3.63, 3.8) is 0 Å². The van der Waals surface area contributed by atoms with Gasteiger partial charge in [-0.3, -0.25) is 4.79 Å². The zero-order valence-corrected chi connectivity index (χ0v) is 14.3. The number of aromatic hydroxyl groups is 1. The minimum atomic E-state index is -0.237. The molecule has 24 heavy (non-hydrogen) atoms. The van der Waals surface area contributed by atoms with Crippen LogP contribution in [0, 0.1) is 5.92 Å². The van der Waals surface area contributed by atoms with Crippen LogP contribution in [-0.4, -0.2) is 42.7 Å². The van der Waals surface area contributed by atoms with Gasteiger partial charge in [0.2, 0.25) is 0 Å². The molecule has 2 aromatic rings. The van der Waals surface area contributed by atoms with E-state index < -0.39 is 0 Å². The van der Waals surface area contributed by atoms with E-state index in [1.807, 2.05) is 30.3 Å². The van der Waals surface area contributed by atoms with E-state index in [1.165, 1.54) is 0 Å². The van der Waals surface area contributed by atoms with E-state index in [4.69, 9.17) is 16.3 Å². The standard InChI is InChI=1S/C19H20ClNO3/c1-21(11-13-7-8-24-12-13)19(23)16-9-15(10-17(20)18(16)22)14-5-3-2-4-6-14/h2-6,9-10,13,22H,7-8,11-12H2,1H3. The molecule has 1 fully saturated rings. The first-order chi connectivity index (χ1) is 11.6. The van der Waals surface area contributed by atoms with Gasteiger partial charge in [-0.1, -0.05) is 41.9 Å². The third-order valence-corrected chi connectivity index (χ3v) is 4.59. The van der Waals surface area contributed by atoms with Gasteiger partial charge in [0.1, 0.15) is 5.75 Å². The van der Waals surface area contributed by atoms with Gasteiger partial charge in [-0.2, -0.15) is 0 Å². The lowest BCUT2D eigenvalue weighted by Crippen LogP contribution is -2.32. The molecule has 0 aliphatic carbocycles. The van der Waals surface area contributed by atoms with E-state index in [2.05, 4.69) is 0 Å². The molecule has 1 amide bonds. The highest BCUT2D eigenvalue weighted by molar-refractivity contribution is 6.33. The third kappa shape index (κ3) is 3.55. The Bertz CT molecular complexity index is 727. The number of amides is 1. The average Bonchev–Trinajstić information content (AvgIpc) is 3.10. The Balaban J connectivity index is 1.88. The molecule has 0 aromatic heterocycles. The molecule has 4 nitrogen and oxygen atoms in total. The van der Waals surface area contributed by atoms with Crippen molar-refractivity contribution in [2.24, 2.45) is 5.92 Å². The highest BCUT2D eigenvalue weighted by atomic mass is 35.5. The highest BCUT2D eigenvalue weighted by Crippen LogP contribution is 2.34. The summed E-state index contributed by atoms with van der Waals surface area (Å²) in [6.07, 6.45) is 0.953. The molecular weight excluding hydrogens is 326 g/mol. The van der Waals surface area contributed by atoms with Gasteiger partial charge in [0.15, 0.2) is 0 Å². The number of carbonyl (C=O) groups excluding carboxylic acids is 1. The molecule has 1 atom stereocenters. The van der Waals surface area contributed by atoms with Crippen molar-refractivity contribution in [1.82, 2.24) is 4.90 Å². The minimum absolute atomic E-state index is 0.170. The number of hydrogen-bond acceptors (Lipinski definition) is 3. The SMILES string of the molecule is CN(CC1CCOC1)C(=O)c1cc(-c2ccccc2)cc(Cl)c1O. The second-order valence-corrected chi connectivity index (χ2v) is 6.54. The maximum absolute atomic E-state index is 12.8. The van der Waals surface area contributed by atoms with E-state index in [-0.39, 0.29) is 22.2 Å². The average molecular weight is 346 g/mol. The van der Waals surface area contributed by atoms with Crippen molar-refractivity contribution in [2.45, 2.75) is 6.42 Å². The second-order valence-electron chi connectivity index (χ2n) is 6.14. The van der Waals surface area contributed by atoms with Crippen LogP contribution in [0.4, 0.5) is 0 Å². The summed E-state index contributed by atoms with van der Waals surface area (Å²) in [6.45, 7) is 2.02. The van der Waals surface area contributed by atoms with Gasteiger partial charge in [0.25, 0.3) is 5.91 Å². The molecule has 2 aromatic carbocycles. The topological polar surface area (TPSA) is 49.8 Å². The summed E-state index contributed by atoms with van der Waals surface area (Å²) < 4.78 is 5.35. The van der Waals surface area contributed by atoms with Gasteiger partial charge in [0.05, 0.1) is 17.2 Å². The fourth-order valence-corrected chi connectivity index (χ4v) is 3.18. The first kappa shape index (κ1) is 16.8. The largest absolute Gasteiger partial charge is 0.506 e. The molecule has 1 N–H and O–H groups in total. The quantitative estimate of drug-likeness (QED) is 0.916. The van der Waals surface area contributed by atoms with Crippen molar-refractivity contribution in [3.05, 3.63) is 53.1 Å². The normalized spacial score (nSPS) is 17.0. The number of ether oxygens (including phenoxy) is 1. The van der Waals surface area contributed by atoms with E-state index in [0.717, 1.165) is 24.2 Å². The number of nitrogens with zero attached hydrogens (tertiary/aromatic N) is 1. The zero-order valence-electron chi connectivity index (χ0n) is 13.5. The monoisotopic (exact) mass is 345 g/mol. The minimum Gasteiger partial charge on any atom is -0.506 e. The third-order valence-electron chi connectivity index (χ3n) is 4.30. The molecule has 1 aliphatic rings. The van der Waals surface area contributed by atoms with Crippen LogP contribution in [0.5, 0.6) is 5.75 Å². The molecule has 1 heterocycles. The summed E-state index contributed by atoms with van der Waals surface area (Å²) in [5.41, 5.74) is 1.97. The van der Waals surface area contributed by atoms with Gasteiger partial charge < -0.3 is 14.7 Å². The predicted molar refractivity (Wildman–Crippen MR) is 94.4 cm³/mol. The first-order valence-corrected chi connectivity index (χ1v) is 8.35. The first-order valence-electron chi connectivity index (χ1n) is 7.97. The lowest BCUT2D eigenvalue weighted by molar-refractivity contribution is 0.0763. The van der Waals surface area contributed by atoms with Crippen LogP contribution in [-0.2, 0) is 4.74 Å². The molecule has 0 saturated carbocycles. The molecule has 5 heteroatoms. The summed E-state index contributed by atoms with van der Waals surface area (Å²) in [7, 11) is 1.74. The maximum Gasteiger partial charge on any atom is 0.257 e. The van der Waals surface area contributed by atoms with Crippen LogP contribution in [0.15, 0.2) is 42.5 Å². The number of phenolic OH excluding ortho intramolecular Hbond substituents is 1. The summed E-state index contributed by atoms with van der Waals surface area (Å²) >= 11 is 6.15. The van der Waals surface area contributed by atoms with Crippen molar-refractivity contribution < 1.29 is 14.6 Å². The van der Waals surface area contributed by atoms with Crippen molar-refractivity contribution >= 4 is 17.5 Å². The van der Waals surface area contributed by atoms with Crippen molar-refractivity contribution in [2.75, 3.05) is 26.8 Å². The summed E-state index contributed by atoms with van der Waals surface area (Å²) in [4.78, 5) is 14.4. The van der Waals surface area contributed by atoms with Gasteiger partial charge in [-0.25, -0.2) is 0 Å². The van der Waals surface area contributed by atoms with E-state index >= 15 is 0 Å². The van der Waals surface area contributed by atoms with E-state index in [9.17, 15) is 9.90 Å². The van der Waals surface area contributed by atoms with E-state index in [1.54, 1.807) is 24.1 Å². The molecule has 1 aliphatic heterocycles. The van der Waals surface area contributed by atoms with Crippen LogP contribution >= 0.6 is 11.6 Å². The summed E-state index contributed by atoms with van der Waals surface area (Å²) in [6, 6.07) is 13.0. The Morgan fingerprint density at radius 3 is 2.71 bits per heavy atom. The van der Waals surface area contributed by atoms with Crippen LogP contribution in [0.25, 0.3) is 11.1 Å². The summed E-state index contributed by atoms with van der Waals surface area (Å²) in [5.74, 6) is -0.0659. The smallest absolute Gasteiger partial charge is 0.257 e. The van der Waals surface area contributed by atoms with Crippen molar-refractivity contribution in [3.8, 4) is 16.9 Å². The van der Waals surface area contributed by atoms with Gasteiger partial charge in [-0.05, 0) is 29.7 Å². The lowest BCUT2D eigenvalue weighted by Gasteiger charge is -2.21. The highest BCUT2D eigenvalue weighted by Gasteiger charge is 2.23. The van der Waals surface area contributed by atoms with Gasteiger partial charge in [-0.15, -0.1) is 0 Å². The number of carbonyl (C=O) groups is 1. The fraction of sp³-hybridized carbons (Fsp3) is 0.316. The van der Waals surface area contributed by atoms with Gasteiger partial charge in [0, 0.05) is 26.1 Å². The molecule has 126 valence electrons. The fourth-order valence-electron chi connectivity index (χ4n) is 2.96. The number of phenols is 1. The number of rotatable bonds is 4. The Morgan fingerprint density at radius 1 is 1.29 bits per heavy atom. The molecular formula is C19H20ClNO3. The molecule has 0 radical (unpaired) electrons. The molecule has 0 spiro atoms. The van der Waals surface area contributed by atoms with E-state index in [0.29, 0.717) is 19.1 Å². The zero-order chi connectivity index (χ0) is 17.1. The Labute approximate surface area is 146 Å². The predicted octanol–water partition coefficient (Wildman–Crippen LogP) is 3.82. The Kier molecular flexibility index (Phi) is 5.07. The Morgan fingerprint density at radius 2 is 2.04 bits per heavy atom. The number of hydrogen-bond donors (Lipinski definition) is 1. The summed E-state index contributed by atoms with van der Waals surface area (Å²) in [5, 5.41) is 10.4. The van der Waals surface area contributed by atoms with Crippen LogP contribution in [0.1, 0.15) is 16.8 Å². The van der Waals surface area contributed by atoms with Crippen LogP contribution in [0.3, 0.4) is 0 Å². The number of benzene rings is 2. The maximum atomic E-state index is 12.8. The molecule has 0 bridgehead atoms. The van der Waals surface area contributed by atoms with Crippen molar-refractivity contribution in [1.29, 1.82) is 0 Å². The van der Waals surface area contributed by atoms with Crippen LogP contribution in [0.2, 0.25) is 5.02 Å². The van der Waals surface area contributed by atoms with Gasteiger partial charge >= 0.3 is 0 Å². The molecule has 1 saturated heterocycles. The Hall–Kier alpha value is -2.04. The number of halogens is 1. The molecule has 3 rings (SSSR count). The second kappa shape index (κ2) is 7.24.